The molecule has 5 heteroatoms. The van der Waals surface area contributed by atoms with Gasteiger partial charge in [-0.15, -0.1) is 12.4 Å². The van der Waals surface area contributed by atoms with Crippen molar-refractivity contribution in [2.75, 3.05) is 25.5 Å². The summed E-state index contributed by atoms with van der Waals surface area (Å²) in [6.07, 6.45) is 1.81. The fraction of sp³-hybridized carbons (Fsp3) is 0.500. The Kier molecular flexibility index (Phi) is 6.12. The van der Waals surface area contributed by atoms with E-state index in [0.717, 1.165) is 37.2 Å². The first kappa shape index (κ1) is 15.8. The van der Waals surface area contributed by atoms with Gasteiger partial charge in [0.15, 0.2) is 0 Å². The fourth-order valence-corrected chi connectivity index (χ4v) is 2.24. The van der Waals surface area contributed by atoms with Gasteiger partial charge in [-0.05, 0) is 50.6 Å². The molecule has 0 unspecified atom stereocenters. The lowest BCUT2D eigenvalue weighted by atomic mass is 9.97. The maximum Gasteiger partial charge on any atom is 0.227 e. The number of anilines is 1. The Morgan fingerprint density at radius 3 is 2.68 bits per heavy atom. The van der Waals surface area contributed by atoms with E-state index in [1.807, 2.05) is 25.1 Å². The average molecular weight is 285 g/mol. The highest BCUT2D eigenvalue weighted by Crippen LogP contribution is 2.26. The predicted octanol–water partition coefficient (Wildman–Crippen LogP) is 2.36. The summed E-state index contributed by atoms with van der Waals surface area (Å²) in [7, 11) is 1.62. The molecular weight excluding hydrogens is 264 g/mol. The van der Waals surface area contributed by atoms with Gasteiger partial charge in [0.05, 0.1) is 12.8 Å². The van der Waals surface area contributed by atoms with E-state index in [2.05, 4.69) is 10.6 Å². The van der Waals surface area contributed by atoms with Crippen molar-refractivity contribution in [3.05, 3.63) is 23.8 Å². The summed E-state index contributed by atoms with van der Waals surface area (Å²) >= 11 is 0. The Morgan fingerprint density at radius 2 is 2.05 bits per heavy atom. The molecule has 106 valence electrons. The van der Waals surface area contributed by atoms with Crippen LogP contribution in [0.2, 0.25) is 0 Å². The van der Waals surface area contributed by atoms with E-state index in [-0.39, 0.29) is 24.2 Å². The van der Waals surface area contributed by atoms with Gasteiger partial charge in [-0.25, -0.2) is 0 Å². The molecule has 4 nitrogen and oxygen atoms in total. The van der Waals surface area contributed by atoms with Crippen LogP contribution in [0.5, 0.6) is 5.75 Å². The minimum absolute atomic E-state index is 0. The van der Waals surface area contributed by atoms with E-state index in [0.29, 0.717) is 5.75 Å². The first-order valence-electron chi connectivity index (χ1n) is 6.37. The highest BCUT2D eigenvalue weighted by atomic mass is 35.5. The first-order chi connectivity index (χ1) is 8.70. The zero-order chi connectivity index (χ0) is 13.0. The maximum absolute atomic E-state index is 12.2. The molecule has 1 saturated heterocycles. The Balaban J connectivity index is 0.00000180. The molecule has 1 aromatic carbocycles. The lowest BCUT2D eigenvalue weighted by molar-refractivity contribution is -0.120. The van der Waals surface area contributed by atoms with E-state index in [4.69, 9.17) is 4.74 Å². The zero-order valence-electron chi connectivity index (χ0n) is 11.4. The van der Waals surface area contributed by atoms with Crippen molar-refractivity contribution in [1.29, 1.82) is 0 Å². The third-order valence-corrected chi connectivity index (χ3v) is 3.32. The number of hydrogen-bond acceptors (Lipinski definition) is 3. The summed E-state index contributed by atoms with van der Waals surface area (Å²) in [5.41, 5.74) is 1.87. The van der Waals surface area contributed by atoms with Crippen LogP contribution in [0.1, 0.15) is 18.4 Å². The van der Waals surface area contributed by atoms with Gasteiger partial charge in [-0.1, -0.05) is 6.07 Å². The molecule has 0 radical (unpaired) electrons. The van der Waals surface area contributed by atoms with Crippen molar-refractivity contribution in [2.24, 2.45) is 5.92 Å². The summed E-state index contributed by atoms with van der Waals surface area (Å²) in [5.74, 6) is 0.916. The molecule has 0 aromatic heterocycles. The van der Waals surface area contributed by atoms with Gasteiger partial charge in [0, 0.05) is 5.92 Å². The molecule has 2 rings (SSSR count). The molecule has 0 spiro atoms. The summed E-state index contributed by atoms with van der Waals surface area (Å²) in [6.45, 7) is 3.84. The van der Waals surface area contributed by atoms with E-state index in [1.165, 1.54) is 0 Å². The fourth-order valence-electron chi connectivity index (χ4n) is 2.24. The molecule has 1 aliphatic rings. The maximum atomic E-state index is 12.2. The van der Waals surface area contributed by atoms with E-state index < -0.39 is 0 Å². The zero-order valence-corrected chi connectivity index (χ0v) is 12.2. The number of piperidine rings is 1. The molecule has 0 saturated carbocycles. The number of nitrogens with one attached hydrogen (secondary N) is 2. The van der Waals surface area contributed by atoms with Crippen molar-refractivity contribution in [3.63, 3.8) is 0 Å². The van der Waals surface area contributed by atoms with Crippen LogP contribution >= 0.6 is 12.4 Å². The topological polar surface area (TPSA) is 50.4 Å². The number of hydrogen-bond donors (Lipinski definition) is 2. The summed E-state index contributed by atoms with van der Waals surface area (Å²) in [4.78, 5) is 12.2. The average Bonchev–Trinajstić information content (AvgIpc) is 2.40. The molecule has 1 aromatic rings. The molecular formula is C14H21ClN2O2. The van der Waals surface area contributed by atoms with Gasteiger partial charge in [0.1, 0.15) is 5.75 Å². The molecule has 19 heavy (non-hydrogen) atoms. The largest absolute Gasteiger partial charge is 0.495 e. The highest BCUT2D eigenvalue weighted by molar-refractivity contribution is 5.94. The second-order valence-corrected chi connectivity index (χ2v) is 4.72. The minimum Gasteiger partial charge on any atom is -0.495 e. The molecule has 0 aliphatic carbocycles. The standard InChI is InChI=1S/C14H20N2O2.ClH/c1-10-3-4-13(18-2)12(9-10)16-14(17)11-5-7-15-8-6-11;/h3-4,9,11,15H,5-8H2,1-2H3,(H,16,17);1H. The molecule has 0 bridgehead atoms. The van der Waals surface area contributed by atoms with Crippen LogP contribution in [-0.4, -0.2) is 26.1 Å². The second kappa shape index (κ2) is 7.36. The van der Waals surface area contributed by atoms with Crippen LogP contribution in [0.4, 0.5) is 5.69 Å². The van der Waals surface area contributed by atoms with Gasteiger partial charge in [-0.2, -0.15) is 0 Å². The first-order valence-corrected chi connectivity index (χ1v) is 6.37. The predicted molar refractivity (Wildman–Crippen MR) is 79.2 cm³/mol. The third-order valence-electron chi connectivity index (χ3n) is 3.32. The van der Waals surface area contributed by atoms with Crippen LogP contribution in [0.3, 0.4) is 0 Å². The van der Waals surface area contributed by atoms with E-state index in [9.17, 15) is 4.79 Å². The number of benzene rings is 1. The monoisotopic (exact) mass is 284 g/mol. The number of amides is 1. The van der Waals surface area contributed by atoms with Crippen molar-refractivity contribution in [1.82, 2.24) is 5.32 Å². The number of aryl methyl sites for hydroxylation is 1. The molecule has 1 heterocycles. The molecule has 1 aliphatic heterocycles. The Labute approximate surface area is 120 Å². The highest BCUT2D eigenvalue weighted by Gasteiger charge is 2.21. The van der Waals surface area contributed by atoms with E-state index >= 15 is 0 Å². The van der Waals surface area contributed by atoms with Gasteiger partial charge < -0.3 is 15.4 Å². The number of rotatable bonds is 3. The summed E-state index contributed by atoms with van der Waals surface area (Å²) < 4.78 is 5.26. The van der Waals surface area contributed by atoms with Crippen molar-refractivity contribution < 1.29 is 9.53 Å². The molecule has 1 amide bonds. The SMILES string of the molecule is COc1ccc(C)cc1NC(=O)C1CCNCC1.Cl. The van der Waals surface area contributed by atoms with E-state index in [1.54, 1.807) is 7.11 Å². The lowest BCUT2D eigenvalue weighted by Gasteiger charge is -2.22. The molecule has 0 atom stereocenters. The third kappa shape index (κ3) is 4.11. The van der Waals surface area contributed by atoms with Crippen LogP contribution in [-0.2, 0) is 4.79 Å². The van der Waals surface area contributed by atoms with Crippen molar-refractivity contribution >= 4 is 24.0 Å². The number of ether oxygens (including phenoxy) is 1. The van der Waals surface area contributed by atoms with Gasteiger partial charge in [-0.3, -0.25) is 4.79 Å². The van der Waals surface area contributed by atoms with Crippen LogP contribution in [0, 0.1) is 12.8 Å². The Morgan fingerprint density at radius 1 is 1.37 bits per heavy atom. The minimum atomic E-state index is 0. The number of halogens is 1. The number of carbonyl (C=O) groups excluding carboxylic acids is 1. The van der Waals surface area contributed by atoms with Crippen molar-refractivity contribution in [2.45, 2.75) is 19.8 Å². The molecule has 1 fully saturated rings. The van der Waals surface area contributed by atoms with Gasteiger partial charge in [0.2, 0.25) is 5.91 Å². The van der Waals surface area contributed by atoms with Gasteiger partial charge >= 0.3 is 0 Å². The Bertz CT molecular complexity index is 431. The van der Waals surface area contributed by atoms with Crippen LogP contribution in [0.15, 0.2) is 18.2 Å². The van der Waals surface area contributed by atoms with Crippen molar-refractivity contribution in [3.8, 4) is 5.75 Å². The van der Waals surface area contributed by atoms with Gasteiger partial charge in [0.25, 0.3) is 0 Å². The normalized spacial score (nSPS) is 15.5. The summed E-state index contributed by atoms with van der Waals surface area (Å²) in [5, 5.41) is 6.24. The second-order valence-electron chi connectivity index (χ2n) is 4.72. The number of methoxy groups -OCH3 is 1. The lowest BCUT2D eigenvalue weighted by Crippen LogP contribution is -2.34. The van der Waals surface area contributed by atoms with Crippen LogP contribution in [0.25, 0.3) is 0 Å². The summed E-state index contributed by atoms with van der Waals surface area (Å²) in [6, 6.07) is 5.80. The van der Waals surface area contributed by atoms with Crippen LogP contribution < -0.4 is 15.4 Å². The quantitative estimate of drug-likeness (QED) is 0.896. The smallest absolute Gasteiger partial charge is 0.227 e. The molecule has 2 N–H and O–H groups in total. The number of carbonyl (C=O) groups is 1. The Hall–Kier alpha value is -1.26.